The lowest BCUT2D eigenvalue weighted by Crippen LogP contribution is -2.48. The van der Waals surface area contributed by atoms with Crippen molar-refractivity contribution in [1.82, 2.24) is 73.1 Å². The maximum atomic E-state index is 13.4. The summed E-state index contributed by atoms with van der Waals surface area (Å²) in [6.07, 6.45) is 7.96. The Morgan fingerprint density at radius 2 is 0.769 bits per heavy atom. The number of rotatable bonds is 15. The third-order valence-electron chi connectivity index (χ3n) is 15.6. The summed E-state index contributed by atoms with van der Waals surface area (Å²) in [5.41, 5.74) is -4.32. The molecule has 3 aromatic carbocycles. The standard InChI is InChI=1S/C11H13BrFNO.C11H12F3NO.C11H14FNO.C10H13ClN2O2.C10H13ClN2O.C10H13FN2O2.2C10H13FN2O.C10H14N2O2.C7H13N3O2/c1-11(2,3)14-10(15)8-5-4-7(12)6-9(8)13;1-11(2,3)15-10(16)6-4-8(13)9(14)5-7(6)12;1-11(2,3)13-10(14)8-6-4-5-7-9(8)12;1-10(2,6-14)13-9(15)8-4-3-7(11)5-12-8;1-10(2,3)13-9(14)7-4-5-8(11)12-6-7;1-10(2,3)12-9(14)8-5-4-7(11)6-13(8)15;1-10(2,3)13-9(14)8-5-4-7(11)6-12-8;1-10(2,3)13-9(14)8-7(11)5-4-6-12-8;1-10(2,3)11-9(13)8-6-4-5-7-12(8)14;1-7(2,4-11)10-6(12)5(9)3-8/h4-6H,1-3H3,(H,14,15);4-5H,1-3H3,(H,15,16);4-7H,1-3H3,(H,13,14);3-5,14H,6H2,1-2H3,(H,13,15);4-6H,1-3H3,(H,13,14);4-6H,1-3H3,(H,12,14);2*4-6H,1-3H3,(H,13,14);4-7H,1-3H3,(H,11,13);3,8-9,11H,4H2,1-2H3,(H,10,12). The van der Waals surface area contributed by atoms with Crippen molar-refractivity contribution in [2.75, 3.05) is 13.2 Å². The first-order valence-corrected chi connectivity index (χ1v) is 45.1. The first-order valence-electron chi connectivity index (χ1n) is 43.6. The van der Waals surface area contributed by atoms with Gasteiger partial charge in [0.2, 0.25) is 6.20 Å². The average Bonchev–Trinajstić information content (AvgIpc) is 0.834. The van der Waals surface area contributed by atoms with E-state index in [1.54, 1.807) is 118 Å². The van der Waals surface area contributed by atoms with Crippen molar-refractivity contribution in [3.63, 3.8) is 0 Å². The number of aromatic nitrogens is 6. The third kappa shape index (κ3) is 57.4. The summed E-state index contributed by atoms with van der Waals surface area (Å²) in [7, 11) is 0. The zero-order chi connectivity index (χ0) is 111. The minimum absolute atomic E-state index is 0.0631. The maximum absolute atomic E-state index is 13.4. The topological polar surface area (TPSA) is 485 Å². The molecule has 14 N–H and O–H groups in total. The fourth-order valence-electron chi connectivity index (χ4n) is 9.48. The van der Waals surface area contributed by atoms with Crippen molar-refractivity contribution in [2.45, 2.75) is 249 Å². The van der Waals surface area contributed by atoms with Gasteiger partial charge in [-0.05, 0) is 291 Å². The molecule has 0 aliphatic carbocycles. The number of benzene rings is 3. The molecule has 0 bridgehead atoms. The van der Waals surface area contributed by atoms with Crippen LogP contribution < -0.4 is 62.6 Å². The van der Waals surface area contributed by atoms with Crippen LogP contribution in [0.5, 0.6) is 0 Å². The minimum atomic E-state index is -1.31. The number of pyridine rings is 6. The fourth-order valence-corrected chi connectivity index (χ4v) is 10.0. The molecule has 0 aliphatic rings. The summed E-state index contributed by atoms with van der Waals surface area (Å²) in [4.78, 5) is 130. The summed E-state index contributed by atoms with van der Waals surface area (Å²) < 4.78 is 105. The largest absolute Gasteiger partial charge is 0.618 e. The molecule has 6 aromatic heterocycles. The number of hydrogen-bond acceptors (Lipinski definition) is 20. The Balaban J connectivity index is 0.00000157. The van der Waals surface area contributed by atoms with Crippen molar-refractivity contribution >= 4 is 110 Å². The second kappa shape index (κ2) is 57.7. The highest BCUT2D eigenvalue weighted by Crippen LogP contribution is 2.20. The van der Waals surface area contributed by atoms with Gasteiger partial charge in [0.1, 0.15) is 45.5 Å². The minimum Gasteiger partial charge on any atom is -0.618 e. The van der Waals surface area contributed by atoms with E-state index in [4.69, 9.17) is 44.2 Å². The van der Waals surface area contributed by atoms with Crippen molar-refractivity contribution < 1.29 is 103 Å². The third-order valence-corrected chi connectivity index (χ3v) is 16.5. The highest BCUT2D eigenvalue weighted by Gasteiger charge is 2.29. The number of hydrogen-bond donors (Lipinski definition) is 14. The molecule has 32 nitrogen and oxygen atoms in total. The second-order valence-electron chi connectivity index (χ2n) is 40.4. The molecule has 0 unspecified atom stereocenters. The van der Waals surface area contributed by atoms with Crippen LogP contribution in [0.15, 0.2) is 175 Å². The van der Waals surface area contributed by atoms with Crippen LogP contribution in [0, 0.1) is 67.8 Å². The second-order valence-corrected chi connectivity index (χ2v) is 42.2. The van der Waals surface area contributed by atoms with Gasteiger partial charge in [-0.2, -0.15) is 9.46 Å². The lowest BCUT2D eigenvalue weighted by molar-refractivity contribution is -0.609. The predicted molar refractivity (Wildman–Crippen MR) is 537 cm³/mol. The van der Waals surface area contributed by atoms with Crippen molar-refractivity contribution in [3.8, 4) is 0 Å². The molecule has 9 rings (SSSR count). The number of halogens is 11. The van der Waals surface area contributed by atoms with Gasteiger partial charge in [-0.15, -0.1) is 0 Å². The Morgan fingerprint density at radius 3 is 1.19 bits per heavy atom. The van der Waals surface area contributed by atoms with Crippen LogP contribution >= 0.6 is 39.1 Å². The molecule has 10 amide bonds. The van der Waals surface area contributed by atoms with E-state index in [1.807, 2.05) is 125 Å². The average molecular weight is 2110 g/mol. The molecule has 0 spiro atoms. The van der Waals surface area contributed by atoms with Gasteiger partial charge in [0.15, 0.2) is 35.2 Å². The molecule has 6 heterocycles. The zero-order valence-corrected chi connectivity index (χ0v) is 88.4. The number of carbonyl (C=O) groups is 10. The lowest BCUT2D eigenvalue weighted by Gasteiger charge is -2.23. The molecule has 0 fully saturated rings. The van der Waals surface area contributed by atoms with Gasteiger partial charge in [-0.1, -0.05) is 51.3 Å². The Bertz CT molecular complexity index is 5450. The van der Waals surface area contributed by atoms with E-state index >= 15 is 0 Å². The van der Waals surface area contributed by atoms with Gasteiger partial charge in [-0.3, -0.25) is 53.4 Å². The molecule has 0 saturated carbocycles. The first kappa shape index (κ1) is 130. The molecule has 0 atom stereocenters. The van der Waals surface area contributed by atoms with E-state index in [2.05, 4.69) is 89.0 Å². The van der Waals surface area contributed by atoms with Gasteiger partial charge in [-0.25, -0.2) is 55.1 Å². The van der Waals surface area contributed by atoms with Gasteiger partial charge < -0.3 is 79.2 Å². The molecule has 0 saturated heterocycles. The number of nitrogens with zero attached hydrogens (tertiary/aromatic N) is 6. The normalized spacial score (nSPS) is 11.1. The molecular weight excluding hydrogens is 1980 g/mol. The summed E-state index contributed by atoms with van der Waals surface area (Å²) in [6, 6.07) is 29.8. The van der Waals surface area contributed by atoms with E-state index in [9.17, 15) is 93.5 Å². The van der Waals surface area contributed by atoms with Crippen LogP contribution in [-0.4, -0.2) is 170 Å². The summed E-state index contributed by atoms with van der Waals surface area (Å²) in [6.45, 7) is 50.4. The number of aliphatic hydroxyl groups excluding tert-OH is 2. The molecular formula is C100H131BrCl2F8N18O14. The quantitative estimate of drug-likeness (QED) is 0.0113. The molecule has 0 aliphatic heterocycles. The van der Waals surface area contributed by atoms with Crippen molar-refractivity contribution in [3.05, 3.63) is 293 Å². The Hall–Kier alpha value is -13.4. The van der Waals surface area contributed by atoms with Gasteiger partial charge in [0.25, 0.3) is 58.6 Å². The lowest BCUT2D eigenvalue weighted by atomic mass is 10.1. The highest BCUT2D eigenvalue weighted by molar-refractivity contribution is 9.10. The number of amides is 10. The predicted octanol–water partition coefficient (Wildman–Crippen LogP) is 16.5. The smallest absolute Gasteiger partial charge is 0.317 e. The van der Waals surface area contributed by atoms with E-state index in [0.29, 0.717) is 43.3 Å². The van der Waals surface area contributed by atoms with Gasteiger partial charge >= 0.3 is 11.8 Å². The Morgan fingerprint density at radius 1 is 0.371 bits per heavy atom. The van der Waals surface area contributed by atoms with Crippen LogP contribution in [0.2, 0.25) is 10.2 Å². The summed E-state index contributed by atoms with van der Waals surface area (Å²) in [5.74, 6) is -10.7. The van der Waals surface area contributed by atoms with Crippen LogP contribution in [-0.2, 0) is 4.79 Å². The molecule has 9 aromatic rings. The Kier molecular flexibility index (Phi) is 52.3. The van der Waals surface area contributed by atoms with E-state index in [-0.39, 0.29) is 120 Å². The van der Waals surface area contributed by atoms with Crippen LogP contribution in [0.3, 0.4) is 0 Å². The molecule has 0 radical (unpaired) electrons. The van der Waals surface area contributed by atoms with Crippen molar-refractivity contribution in [2.24, 2.45) is 0 Å². The zero-order valence-electron chi connectivity index (χ0n) is 85.3. The summed E-state index contributed by atoms with van der Waals surface area (Å²) in [5, 5.41) is 81.0. The number of nitrogens with one attached hydrogen (secondary N) is 12. The fraction of sp³-hybridized carbons (Fsp3) is 0.400. The van der Waals surface area contributed by atoms with Gasteiger partial charge in [0, 0.05) is 97.9 Å². The maximum Gasteiger partial charge on any atom is 0.317 e. The molecule has 782 valence electrons. The van der Waals surface area contributed by atoms with E-state index in [0.717, 1.165) is 24.5 Å². The van der Waals surface area contributed by atoms with Crippen LogP contribution in [0.1, 0.15) is 288 Å². The molecule has 43 heteroatoms. The monoisotopic (exact) mass is 2110 g/mol. The number of aliphatic hydroxyl groups is 2. The van der Waals surface area contributed by atoms with Gasteiger partial charge in [0.05, 0.1) is 57.8 Å². The first-order chi connectivity index (χ1) is 65.1. The van der Waals surface area contributed by atoms with Crippen LogP contribution in [0.25, 0.3) is 0 Å². The summed E-state index contributed by atoms with van der Waals surface area (Å²) >= 11 is 14.4. The molecule has 143 heavy (non-hydrogen) atoms. The SMILES string of the molecule is CC(C)(C)NC(=O)c1cc(F)c(F)cc1F.CC(C)(C)NC(=O)c1ccc(Br)cc1F.CC(C)(C)NC(=O)c1ccc(Cl)nc1.CC(C)(C)NC(=O)c1ccc(F)c[n+]1[O-].CC(C)(C)NC(=O)c1ccc(F)cn1.CC(C)(C)NC(=O)c1cccc[n+]1[O-].CC(C)(C)NC(=O)c1ccccc1F.CC(C)(C)NC(=O)c1ncccc1F.CC(C)(CO)NC(=O)C(=N)C=N.CC(C)(CO)NC(=O)c1ccc(Cl)cn1. The van der Waals surface area contributed by atoms with E-state index in [1.165, 1.54) is 85.5 Å². The van der Waals surface area contributed by atoms with Crippen LogP contribution in [0.4, 0.5) is 35.1 Å². The Labute approximate surface area is 847 Å². The van der Waals surface area contributed by atoms with E-state index < -0.39 is 110 Å². The van der Waals surface area contributed by atoms with Crippen molar-refractivity contribution in [1.29, 1.82) is 10.8 Å². The highest BCUT2D eigenvalue weighted by atomic mass is 79.9. The number of carbonyl (C=O) groups excluding carboxylic acids is 10.